The van der Waals surface area contributed by atoms with E-state index in [9.17, 15) is 4.79 Å². The summed E-state index contributed by atoms with van der Waals surface area (Å²) in [6.07, 6.45) is 16.8. The fourth-order valence-corrected chi connectivity index (χ4v) is 6.67. The van der Waals surface area contributed by atoms with Crippen molar-refractivity contribution in [2.24, 2.45) is 34.2 Å². The number of hydrogen-bond donors (Lipinski definition) is 1. The van der Waals surface area contributed by atoms with E-state index in [0.717, 1.165) is 37.8 Å². The maximum Gasteiger partial charge on any atom is 0.331 e. The smallest absolute Gasteiger partial charge is 0.331 e. The van der Waals surface area contributed by atoms with Gasteiger partial charge < -0.3 is 9.94 Å². The van der Waals surface area contributed by atoms with Gasteiger partial charge in [0.25, 0.3) is 0 Å². The summed E-state index contributed by atoms with van der Waals surface area (Å²) < 4.78 is 5.87. The molecule has 6 atom stereocenters. The van der Waals surface area contributed by atoms with E-state index in [1.54, 1.807) is 6.08 Å². The first kappa shape index (κ1) is 15.4. The summed E-state index contributed by atoms with van der Waals surface area (Å²) in [4.78, 5) is 11.8. The summed E-state index contributed by atoms with van der Waals surface area (Å²) >= 11 is 0. The van der Waals surface area contributed by atoms with Crippen LogP contribution in [-0.4, -0.2) is 22.5 Å². The second kappa shape index (κ2) is 5.09. The zero-order valence-electron chi connectivity index (χ0n) is 14.6. The third-order valence-electron chi connectivity index (χ3n) is 7.97. The standard InChI is InChI=1S/C21H25NO3/c1-20-9-6-16-15-5-3-14(22-24)12-13(15)2-4-17(16)18(20)7-10-21(20)11-8-19(23)25-21/h2,4,8,11-12,15-18,24H,3,5-7,9-10H2,1H3/b22-14+/t15-,16?,17?,18?,20-,21+/m0/s1. The molecule has 0 bridgehead atoms. The lowest BCUT2D eigenvalue weighted by Crippen LogP contribution is -2.51. The Morgan fingerprint density at radius 1 is 1.24 bits per heavy atom. The largest absolute Gasteiger partial charge is 0.451 e. The van der Waals surface area contributed by atoms with Crippen LogP contribution in [0.15, 0.2) is 41.1 Å². The van der Waals surface area contributed by atoms with Crippen LogP contribution in [0.5, 0.6) is 0 Å². The van der Waals surface area contributed by atoms with Gasteiger partial charge in [0.05, 0.1) is 5.71 Å². The number of fused-ring (bicyclic) bond motifs is 6. The summed E-state index contributed by atoms with van der Waals surface area (Å²) in [6.45, 7) is 2.35. The molecule has 1 heterocycles. The third-order valence-corrected chi connectivity index (χ3v) is 7.97. The molecule has 0 aromatic rings. The van der Waals surface area contributed by atoms with Gasteiger partial charge >= 0.3 is 5.97 Å². The number of carbonyl (C=O) groups is 1. The Morgan fingerprint density at radius 2 is 2.12 bits per heavy atom. The van der Waals surface area contributed by atoms with E-state index in [-0.39, 0.29) is 17.0 Å². The summed E-state index contributed by atoms with van der Waals surface area (Å²) in [6, 6.07) is 0. The van der Waals surface area contributed by atoms with Gasteiger partial charge in [-0.05, 0) is 79.9 Å². The number of hydrogen-bond acceptors (Lipinski definition) is 4. The third kappa shape index (κ3) is 1.94. The van der Waals surface area contributed by atoms with Crippen molar-refractivity contribution in [1.29, 1.82) is 0 Å². The van der Waals surface area contributed by atoms with Gasteiger partial charge in [0.2, 0.25) is 0 Å². The molecule has 1 spiro atoms. The Kier molecular flexibility index (Phi) is 3.14. The minimum atomic E-state index is -0.368. The van der Waals surface area contributed by atoms with Gasteiger partial charge in [0.1, 0.15) is 5.60 Å². The van der Waals surface area contributed by atoms with Crippen LogP contribution in [-0.2, 0) is 9.53 Å². The summed E-state index contributed by atoms with van der Waals surface area (Å²) in [5.74, 6) is 2.23. The van der Waals surface area contributed by atoms with Crippen molar-refractivity contribution < 1.29 is 14.7 Å². The Balaban J connectivity index is 1.50. The molecule has 3 unspecified atom stereocenters. The summed E-state index contributed by atoms with van der Waals surface area (Å²) in [5, 5.41) is 12.5. The highest BCUT2D eigenvalue weighted by atomic mass is 16.6. The van der Waals surface area contributed by atoms with Crippen molar-refractivity contribution in [3.63, 3.8) is 0 Å². The Hall–Kier alpha value is -1.84. The molecule has 132 valence electrons. The lowest BCUT2D eigenvalue weighted by atomic mass is 9.52. The molecule has 5 rings (SSSR count). The number of nitrogens with zero attached hydrogens (tertiary/aromatic N) is 1. The molecule has 5 aliphatic rings. The Morgan fingerprint density at radius 3 is 2.88 bits per heavy atom. The highest BCUT2D eigenvalue weighted by molar-refractivity contribution is 5.96. The zero-order valence-corrected chi connectivity index (χ0v) is 14.6. The molecule has 1 N–H and O–H groups in total. The molecule has 0 saturated heterocycles. The first-order chi connectivity index (χ1) is 12.1. The van der Waals surface area contributed by atoms with Crippen LogP contribution < -0.4 is 0 Å². The number of rotatable bonds is 0. The van der Waals surface area contributed by atoms with Crippen LogP contribution in [0.25, 0.3) is 0 Å². The van der Waals surface area contributed by atoms with E-state index in [4.69, 9.17) is 9.94 Å². The minimum Gasteiger partial charge on any atom is -0.451 e. The molecular formula is C21H25NO3. The van der Waals surface area contributed by atoms with Crippen LogP contribution >= 0.6 is 0 Å². The fraction of sp³-hybridized carbons (Fsp3) is 0.619. The van der Waals surface area contributed by atoms with Crippen molar-refractivity contribution in [2.75, 3.05) is 0 Å². The lowest BCUT2D eigenvalue weighted by molar-refractivity contribution is -0.159. The van der Waals surface area contributed by atoms with Gasteiger partial charge in [-0.15, -0.1) is 0 Å². The van der Waals surface area contributed by atoms with Gasteiger partial charge in [-0.2, -0.15) is 0 Å². The normalized spacial score (nSPS) is 48.9. The van der Waals surface area contributed by atoms with Crippen molar-refractivity contribution in [3.8, 4) is 0 Å². The van der Waals surface area contributed by atoms with E-state index in [0.29, 0.717) is 23.7 Å². The molecule has 2 fully saturated rings. The molecule has 4 aliphatic carbocycles. The van der Waals surface area contributed by atoms with Gasteiger partial charge in [0.15, 0.2) is 0 Å². The van der Waals surface area contributed by atoms with Crippen molar-refractivity contribution in [2.45, 2.75) is 51.0 Å². The first-order valence-electron chi connectivity index (χ1n) is 9.59. The summed E-state index contributed by atoms with van der Waals surface area (Å²) in [7, 11) is 0. The van der Waals surface area contributed by atoms with E-state index >= 15 is 0 Å². The molecule has 25 heavy (non-hydrogen) atoms. The van der Waals surface area contributed by atoms with Crippen LogP contribution in [0, 0.1) is 29.1 Å². The Labute approximate surface area is 148 Å². The van der Waals surface area contributed by atoms with Gasteiger partial charge in [-0.1, -0.05) is 24.2 Å². The van der Waals surface area contributed by atoms with Gasteiger partial charge in [-0.3, -0.25) is 0 Å². The number of oxime groups is 1. The number of carbonyl (C=O) groups excluding carboxylic acids is 1. The van der Waals surface area contributed by atoms with E-state index in [1.807, 2.05) is 0 Å². The maximum absolute atomic E-state index is 11.8. The molecule has 0 radical (unpaired) electrons. The molecule has 2 saturated carbocycles. The van der Waals surface area contributed by atoms with Crippen molar-refractivity contribution >= 4 is 11.7 Å². The molecule has 4 nitrogen and oxygen atoms in total. The molecular weight excluding hydrogens is 314 g/mol. The van der Waals surface area contributed by atoms with Crippen LogP contribution in [0.2, 0.25) is 0 Å². The average Bonchev–Trinajstić information content (AvgIpc) is 3.15. The molecule has 4 heteroatoms. The number of allylic oxidation sites excluding steroid dienone is 4. The average molecular weight is 339 g/mol. The van der Waals surface area contributed by atoms with Gasteiger partial charge in [0, 0.05) is 11.5 Å². The monoisotopic (exact) mass is 339 g/mol. The Bertz CT molecular complexity index is 748. The predicted octanol–water partition coefficient (Wildman–Crippen LogP) is 4.02. The molecule has 1 aliphatic heterocycles. The first-order valence-corrected chi connectivity index (χ1v) is 9.59. The fourth-order valence-electron chi connectivity index (χ4n) is 6.67. The van der Waals surface area contributed by atoms with E-state index < -0.39 is 0 Å². The second-order valence-electron chi connectivity index (χ2n) is 8.73. The van der Waals surface area contributed by atoms with E-state index in [2.05, 4.69) is 36.4 Å². The summed E-state index contributed by atoms with van der Waals surface area (Å²) in [5.41, 5.74) is 1.82. The van der Waals surface area contributed by atoms with Crippen molar-refractivity contribution in [3.05, 3.63) is 36.0 Å². The lowest BCUT2D eigenvalue weighted by Gasteiger charge is -2.53. The predicted molar refractivity (Wildman–Crippen MR) is 94.2 cm³/mol. The molecule has 0 aromatic heterocycles. The van der Waals surface area contributed by atoms with Crippen LogP contribution in [0.3, 0.4) is 0 Å². The molecule has 0 amide bonds. The van der Waals surface area contributed by atoms with Crippen LogP contribution in [0.4, 0.5) is 0 Å². The topological polar surface area (TPSA) is 58.9 Å². The number of ether oxygens (including phenoxy) is 1. The van der Waals surface area contributed by atoms with Gasteiger partial charge in [-0.25, -0.2) is 4.79 Å². The number of esters is 1. The highest BCUT2D eigenvalue weighted by Gasteiger charge is 2.64. The highest BCUT2D eigenvalue weighted by Crippen LogP contribution is 2.65. The SMILES string of the molecule is C[C@]12CCC3C(C=CC4=C/C(=N/O)CC[C@@H]43)C1CC[C@@]21C=CC(=O)O1. The zero-order chi connectivity index (χ0) is 17.2. The van der Waals surface area contributed by atoms with Crippen molar-refractivity contribution in [1.82, 2.24) is 0 Å². The minimum absolute atomic E-state index is 0.0504. The second-order valence-corrected chi connectivity index (χ2v) is 8.73. The quantitative estimate of drug-likeness (QED) is 0.412. The maximum atomic E-state index is 11.8. The van der Waals surface area contributed by atoms with E-state index in [1.165, 1.54) is 12.0 Å². The van der Waals surface area contributed by atoms with Crippen LogP contribution in [0.1, 0.15) is 45.4 Å². The molecule has 0 aromatic carbocycles.